The van der Waals surface area contributed by atoms with E-state index in [1.807, 2.05) is 11.6 Å². The lowest BCUT2D eigenvalue weighted by Crippen LogP contribution is -2.17. The van der Waals surface area contributed by atoms with E-state index in [9.17, 15) is 0 Å². The van der Waals surface area contributed by atoms with Gasteiger partial charge >= 0.3 is 0 Å². The second-order valence-electron chi connectivity index (χ2n) is 3.28. The Morgan fingerprint density at radius 1 is 1.67 bits per heavy atom. The zero-order valence-electron chi connectivity index (χ0n) is 8.98. The van der Waals surface area contributed by atoms with Gasteiger partial charge in [0.25, 0.3) is 0 Å². The molecule has 0 atom stereocenters. The third kappa shape index (κ3) is 3.33. The number of hydrogen-bond donors (Lipinski definition) is 1. The summed E-state index contributed by atoms with van der Waals surface area (Å²) in [6, 6.07) is 0. The lowest BCUT2D eigenvalue weighted by atomic mass is 10.3. The number of hydrogen-bond acceptors (Lipinski definition) is 2. The molecule has 3 nitrogen and oxygen atoms in total. The van der Waals surface area contributed by atoms with Gasteiger partial charge in [0.15, 0.2) is 0 Å². The summed E-state index contributed by atoms with van der Waals surface area (Å²) in [6.07, 6.45) is 0. The molecule has 0 saturated heterocycles. The Labute approximate surface area is 104 Å². The maximum atomic E-state index is 6.15. The van der Waals surface area contributed by atoms with Crippen LogP contribution in [0.15, 0.2) is 11.1 Å². The van der Waals surface area contributed by atoms with E-state index in [2.05, 4.69) is 39.8 Å². The first kappa shape index (κ1) is 12.7. The predicted octanol–water partition coefficient (Wildman–Crippen LogP) is 2.86. The standard InChI is InChI=1S/C10H15BrClN3/c1-4-15-9(6-13-5-7(2)11)10(12)8(3)14-15/h13H,2,4-6H2,1,3H3. The van der Waals surface area contributed by atoms with Gasteiger partial charge in [0.2, 0.25) is 0 Å². The van der Waals surface area contributed by atoms with E-state index in [4.69, 9.17) is 11.6 Å². The molecule has 0 fully saturated rings. The fourth-order valence-corrected chi connectivity index (χ4v) is 1.75. The van der Waals surface area contributed by atoms with E-state index >= 15 is 0 Å². The number of halogens is 2. The van der Waals surface area contributed by atoms with Crippen molar-refractivity contribution < 1.29 is 0 Å². The molecular formula is C10H15BrClN3. The average molecular weight is 293 g/mol. The molecule has 0 aliphatic carbocycles. The smallest absolute Gasteiger partial charge is 0.0860 e. The van der Waals surface area contributed by atoms with Crippen LogP contribution in [0.4, 0.5) is 0 Å². The number of aromatic nitrogens is 2. The van der Waals surface area contributed by atoms with Gasteiger partial charge in [0.05, 0.1) is 16.4 Å². The summed E-state index contributed by atoms with van der Waals surface area (Å²) in [5, 5.41) is 8.33. The molecule has 0 aliphatic heterocycles. The molecule has 0 spiro atoms. The Kier molecular flexibility index (Phi) is 4.83. The minimum absolute atomic E-state index is 0.706. The molecular weight excluding hydrogens is 277 g/mol. The molecule has 1 aromatic rings. The van der Waals surface area contributed by atoms with E-state index in [-0.39, 0.29) is 0 Å². The van der Waals surface area contributed by atoms with Crippen LogP contribution >= 0.6 is 27.5 Å². The Balaban J connectivity index is 2.70. The van der Waals surface area contributed by atoms with E-state index in [0.717, 1.165) is 34.0 Å². The molecule has 1 rings (SSSR count). The van der Waals surface area contributed by atoms with E-state index in [1.54, 1.807) is 0 Å². The van der Waals surface area contributed by atoms with Crippen LogP contribution in [0.25, 0.3) is 0 Å². The van der Waals surface area contributed by atoms with E-state index < -0.39 is 0 Å². The van der Waals surface area contributed by atoms with Gasteiger partial charge in [-0.1, -0.05) is 34.1 Å². The molecule has 0 amide bonds. The highest BCUT2D eigenvalue weighted by Crippen LogP contribution is 2.19. The van der Waals surface area contributed by atoms with Gasteiger partial charge in [-0.3, -0.25) is 4.68 Å². The molecule has 0 saturated carbocycles. The second-order valence-corrected chi connectivity index (χ2v) is 4.78. The van der Waals surface area contributed by atoms with Crippen molar-refractivity contribution >= 4 is 27.5 Å². The summed E-state index contributed by atoms with van der Waals surface area (Å²) < 4.78 is 2.85. The first-order chi connectivity index (χ1) is 7.06. The number of nitrogens with zero attached hydrogens (tertiary/aromatic N) is 2. The first-order valence-electron chi connectivity index (χ1n) is 4.82. The van der Waals surface area contributed by atoms with Crippen LogP contribution in [0.1, 0.15) is 18.3 Å². The monoisotopic (exact) mass is 291 g/mol. The molecule has 1 N–H and O–H groups in total. The quantitative estimate of drug-likeness (QED) is 0.904. The Bertz CT molecular complexity index is 360. The lowest BCUT2D eigenvalue weighted by molar-refractivity contribution is 0.592. The van der Waals surface area contributed by atoms with Crippen LogP contribution in [0.3, 0.4) is 0 Å². The highest BCUT2D eigenvalue weighted by molar-refractivity contribution is 9.11. The largest absolute Gasteiger partial charge is 0.307 e. The van der Waals surface area contributed by atoms with Crippen molar-refractivity contribution in [1.29, 1.82) is 0 Å². The minimum Gasteiger partial charge on any atom is -0.307 e. The van der Waals surface area contributed by atoms with Crippen LogP contribution in [-0.2, 0) is 13.1 Å². The van der Waals surface area contributed by atoms with Crippen molar-refractivity contribution in [2.75, 3.05) is 6.54 Å². The van der Waals surface area contributed by atoms with Gasteiger partial charge in [0, 0.05) is 24.1 Å². The van der Waals surface area contributed by atoms with Crippen LogP contribution in [0.2, 0.25) is 5.02 Å². The number of aryl methyl sites for hydroxylation is 2. The fraction of sp³-hybridized carbons (Fsp3) is 0.500. The van der Waals surface area contributed by atoms with E-state index in [1.165, 1.54) is 0 Å². The Hall–Kier alpha value is -0.320. The third-order valence-corrected chi connectivity index (χ3v) is 2.83. The van der Waals surface area contributed by atoms with Gasteiger partial charge in [-0.25, -0.2) is 0 Å². The van der Waals surface area contributed by atoms with Crippen LogP contribution < -0.4 is 5.32 Å². The number of nitrogens with one attached hydrogen (secondary N) is 1. The third-order valence-electron chi connectivity index (χ3n) is 2.06. The van der Waals surface area contributed by atoms with Crippen LogP contribution in [-0.4, -0.2) is 16.3 Å². The topological polar surface area (TPSA) is 29.9 Å². The maximum absolute atomic E-state index is 6.15. The zero-order valence-corrected chi connectivity index (χ0v) is 11.3. The van der Waals surface area contributed by atoms with Gasteiger partial charge < -0.3 is 5.32 Å². The molecule has 0 aliphatic rings. The van der Waals surface area contributed by atoms with Crippen LogP contribution in [0.5, 0.6) is 0 Å². The molecule has 0 bridgehead atoms. The Morgan fingerprint density at radius 3 is 2.87 bits per heavy atom. The van der Waals surface area contributed by atoms with Gasteiger partial charge in [0.1, 0.15) is 0 Å². The molecule has 5 heteroatoms. The van der Waals surface area contributed by atoms with Crippen LogP contribution in [0, 0.1) is 6.92 Å². The van der Waals surface area contributed by atoms with E-state index in [0.29, 0.717) is 6.54 Å². The van der Waals surface area contributed by atoms with Crippen molar-refractivity contribution in [3.63, 3.8) is 0 Å². The van der Waals surface area contributed by atoms with Crippen molar-refractivity contribution in [2.45, 2.75) is 26.9 Å². The average Bonchev–Trinajstić information content (AvgIpc) is 2.44. The molecule has 1 heterocycles. The Morgan fingerprint density at radius 2 is 2.33 bits per heavy atom. The maximum Gasteiger partial charge on any atom is 0.0860 e. The molecule has 0 unspecified atom stereocenters. The second kappa shape index (κ2) is 5.68. The summed E-state index contributed by atoms with van der Waals surface area (Å²) in [5.74, 6) is 0. The summed E-state index contributed by atoms with van der Waals surface area (Å²) in [6.45, 7) is 9.99. The van der Waals surface area contributed by atoms with Gasteiger partial charge in [-0.05, 0) is 13.8 Å². The SMILES string of the molecule is C=C(Br)CNCc1c(Cl)c(C)nn1CC. The summed E-state index contributed by atoms with van der Waals surface area (Å²) >= 11 is 9.45. The molecule has 0 aromatic carbocycles. The highest BCUT2D eigenvalue weighted by Gasteiger charge is 2.11. The summed E-state index contributed by atoms with van der Waals surface area (Å²) in [7, 11) is 0. The van der Waals surface area contributed by atoms with Crippen molar-refractivity contribution in [3.05, 3.63) is 27.5 Å². The van der Waals surface area contributed by atoms with Gasteiger partial charge in [-0.15, -0.1) is 0 Å². The number of rotatable bonds is 5. The minimum atomic E-state index is 0.706. The molecule has 15 heavy (non-hydrogen) atoms. The zero-order chi connectivity index (χ0) is 11.4. The molecule has 84 valence electrons. The first-order valence-corrected chi connectivity index (χ1v) is 5.99. The van der Waals surface area contributed by atoms with Gasteiger partial charge in [-0.2, -0.15) is 5.10 Å². The predicted molar refractivity (Wildman–Crippen MR) is 67.4 cm³/mol. The normalized spacial score (nSPS) is 10.7. The van der Waals surface area contributed by atoms with Crippen molar-refractivity contribution in [1.82, 2.24) is 15.1 Å². The lowest BCUT2D eigenvalue weighted by Gasteiger charge is -2.06. The summed E-state index contributed by atoms with van der Waals surface area (Å²) in [4.78, 5) is 0. The summed E-state index contributed by atoms with van der Waals surface area (Å²) in [5.41, 5.74) is 1.92. The fourth-order valence-electron chi connectivity index (χ4n) is 1.35. The molecule has 0 radical (unpaired) electrons. The van der Waals surface area contributed by atoms with Crippen molar-refractivity contribution in [2.24, 2.45) is 0 Å². The van der Waals surface area contributed by atoms with Crippen molar-refractivity contribution in [3.8, 4) is 0 Å². The highest BCUT2D eigenvalue weighted by atomic mass is 79.9. The molecule has 1 aromatic heterocycles.